The summed E-state index contributed by atoms with van der Waals surface area (Å²) in [4.78, 5) is 12.0. The van der Waals surface area contributed by atoms with Crippen molar-refractivity contribution in [3.05, 3.63) is 96.7 Å². The molecule has 5 aromatic rings. The molecule has 0 spiro atoms. The Morgan fingerprint density at radius 2 is 1.83 bits per heavy atom. The second kappa shape index (κ2) is 7.59. The minimum Gasteiger partial charge on any atom is -0.366 e. The van der Waals surface area contributed by atoms with Crippen molar-refractivity contribution in [1.29, 1.82) is 0 Å². The van der Waals surface area contributed by atoms with Gasteiger partial charge in [-0.05, 0) is 41.0 Å². The number of fused-ring (bicyclic) bond motifs is 1. The Morgan fingerprint density at radius 1 is 0.966 bits per heavy atom. The minimum atomic E-state index is 0.689. The molecule has 142 valence electrons. The summed E-state index contributed by atoms with van der Waals surface area (Å²) in [7, 11) is 0. The van der Waals surface area contributed by atoms with Gasteiger partial charge in [-0.3, -0.25) is 9.67 Å². The zero-order chi connectivity index (χ0) is 19.5. The topological polar surface area (TPSA) is 71.4 Å². The predicted octanol–water partition coefficient (Wildman–Crippen LogP) is 4.48. The van der Waals surface area contributed by atoms with Crippen LogP contribution in [0.15, 0.2) is 85.6 Å². The van der Waals surface area contributed by atoms with Gasteiger partial charge in [0.1, 0.15) is 11.5 Å². The van der Waals surface area contributed by atoms with E-state index in [4.69, 9.17) is 4.98 Å². The van der Waals surface area contributed by atoms with Crippen molar-refractivity contribution in [2.24, 2.45) is 0 Å². The Bertz CT molecular complexity index is 1220. The van der Waals surface area contributed by atoms with Crippen LogP contribution in [0.1, 0.15) is 11.1 Å². The molecule has 4 heterocycles. The van der Waals surface area contributed by atoms with E-state index in [0.717, 1.165) is 40.1 Å². The Balaban J connectivity index is 1.44. The van der Waals surface area contributed by atoms with Crippen LogP contribution < -0.4 is 5.32 Å². The molecule has 0 radical (unpaired) electrons. The summed E-state index contributed by atoms with van der Waals surface area (Å²) in [5.74, 6) is 0.822. The first-order valence-corrected chi connectivity index (χ1v) is 9.53. The molecule has 2 N–H and O–H groups in total. The zero-order valence-corrected chi connectivity index (χ0v) is 15.8. The predicted molar refractivity (Wildman–Crippen MR) is 114 cm³/mol. The molecule has 0 aliphatic heterocycles. The van der Waals surface area contributed by atoms with Crippen LogP contribution in [-0.2, 0) is 13.1 Å². The number of nitrogens with zero attached hydrogens (tertiary/aromatic N) is 4. The fraction of sp³-hybridized carbons (Fsp3) is 0.0870. The zero-order valence-electron chi connectivity index (χ0n) is 15.8. The maximum Gasteiger partial charge on any atom is 0.140 e. The number of benzene rings is 1. The molecule has 6 heteroatoms. The molecule has 0 atom stereocenters. The number of anilines is 1. The van der Waals surface area contributed by atoms with Crippen molar-refractivity contribution >= 4 is 16.9 Å². The van der Waals surface area contributed by atoms with E-state index in [0.29, 0.717) is 6.54 Å². The fourth-order valence-electron chi connectivity index (χ4n) is 3.42. The molecule has 0 unspecified atom stereocenters. The van der Waals surface area contributed by atoms with E-state index in [1.807, 2.05) is 47.4 Å². The Kier molecular flexibility index (Phi) is 4.50. The molecule has 0 fully saturated rings. The number of rotatable bonds is 6. The van der Waals surface area contributed by atoms with Gasteiger partial charge in [0, 0.05) is 42.3 Å². The van der Waals surface area contributed by atoms with Crippen LogP contribution in [-0.4, -0.2) is 24.7 Å². The second-order valence-corrected chi connectivity index (χ2v) is 6.92. The normalized spacial score (nSPS) is 11.0. The van der Waals surface area contributed by atoms with Crippen LogP contribution in [0.2, 0.25) is 0 Å². The number of pyridine rings is 2. The number of H-pyrrole nitrogens is 1. The monoisotopic (exact) mass is 380 g/mol. The van der Waals surface area contributed by atoms with Gasteiger partial charge in [-0.1, -0.05) is 30.3 Å². The number of aromatic amines is 1. The molecule has 0 amide bonds. The maximum atomic E-state index is 4.70. The highest BCUT2D eigenvalue weighted by molar-refractivity contribution is 5.94. The molecule has 6 nitrogen and oxygen atoms in total. The number of hydrogen-bond acceptors (Lipinski definition) is 4. The lowest BCUT2D eigenvalue weighted by molar-refractivity contribution is 0.687. The summed E-state index contributed by atoms with van der Waals surface area (Å²) in [5.41, 5.74) is 5.41. The van der Waals surface area contributed by atoms with E-state index in [2.05, 4.69) is 50.8 Å². The second-order valence-electron chi connectivity index (χ2n) is 6.92. The van der Waals surface area contributed by atoms with Crippen LogP contribution in [0, 0.1) is 0 Å². The summed E-state index contributed by atoms with van der Waals surface area (Å²) < 4.78 is 1.97. The Labute approximate surface area is 168 Å². The van der Waals surface area contributed by atoms with Gasteiger partial charge in [-0.2, -0.15) is 5.10 Å². The Morgan fingerprint density at radius 3 is 2.69 bits per heavy atom. The smallest absolute Gasteiger partial charge is 0.140 e. The molecule has 4 aromatic heterocycles. The van der Waals surface area contributed by atoms with Crippen molar-refractivity contribution in [3.63, 3.8) is 0 Å². The highest BCUT2D eigenvalue weighted by Crippen LogP contribution is 2.29. The first kappa shape index (κ1) is 17.2. The van der Waals surface area contributed by atoms with Gasteiger partial charge >= 0.3 is 0 Å². The summed E-state index contributed by atoms with van der Waals surface area (Å²) >= 11 is 0. The highest BCUT2D eigenvalue weighted by atomic mass is 15.3. The molecule has 0 aliphatic carbocycles. The summed E-state index contributed by atoms with van der Waals surface area (Å²) in [6, 6.07) is 18.5. The summed E-state index contributed by atoms with van der Waals surface area (Å²) in [6.45, 7) is 1.43. The first-order chi connectivity index (χ1) is 14.3. The van der Waals surface area contributed by atoms with Crippen molar-refractivity contribution in [1.82, 2.24) is 24.7 Å². The van der Waals surface area contributed by atoms with Crippen molar-refractivity contribution in [3.8, 4) is 11.1 Å². The molecule has 5 rings (SSSR count). The lowest BCUT2D eigenvalue weighted by Gasteiger charge is -2.08. The van der Waals surface area contributed by atoms with Crippen LogP contribution in [0.4, 0.5) is 5.82 Å². The van der Waals surface area contributed by atoms with Crippen LogP contribution >= 0.6 is 0 Å². The molecule has 0 aliphatic rings. The molecule has 0 saturated carbocycles. The van der Waals surface area contributed by atoms with Crippen molar-refractivity contribution < 1.29 is 0 Å². The number of hydrogen-bond donors (Lipinski definition) is 2. The minimum absolute atomic E-state index is 0.689. The van der Waals surface area contributed by atoms with Gasteiger partial charge < -0.3 is 10.3 Å². The quantitative estimate of drug-likeness (QED) is 0.456. The SMILES string of the molecule is c1ccc(Cn2cc(-c3cc(NCc4ccncc4)nc4[nH]ccc34)cn2)cc1. The molecular formula is C23H20N6. The largest absolute Gasteiger partial charge is 0.366 e. The van der Waals surface area contributed by atoms with Gasteiger partial charge in [0.15, 0.2) is 0 Å². The lowest BCUT2D eigenvalue weighted by Crippen LogP contribution is -2.02. The third-order valence-electron chi connectivity index (χ3n) is 4.88. The lowest BCUT2D eigenvalue weighted by atomic mass is 10.1. The van der Waals surface area contributed by atoms with E-state index in [-0.39, 0.29) is 0 Å². The van der Waals surface area contributed by atoms with Crippen molar-refractivity contribution in [2.75, 3.05) is 5.32 Å². The number of aromatic nitrogens is 5. The maximum absolute atomic E-state index is 4.70. The van der Waals surface area contributed by atoms with Gasteiger partial charge in [0.05, 0.1) is 12.7 Å². The van der Waals surface area contributed by atoms with Crippen LogP contribution in [0.5, 0.6) is 0 Å². The standard InChI is InChI=1S/C23H20N6/c1-2-4-18(5-3-1)15-29-16-19(14-27-29)21-12-22(28-23-20(21)8-11-25-23)26-13-17-6-9-24-10-7-17/h1-12,14,16H,13,15H2,(H2,25,26,28). The molecule has 29 heavy (non-hydrogen) atoms. The average Bonchev–Trinajstić information content (AvgIpc) is 3.43. The van der Waals surface area contributed by atoms with E-state index in [9.17, 15) is 0 Å². The van der Waals surface area contributed by atoms with Gasteiger partial charge in [0.25, 0.3) is 0 Å². The average molecular weight is 380 g/mol. The molecular weight excluding hydrogens is 360 g/mol. The Hall–Kier alpha value is -3.93. The first-order valence-electron chi connectivity index (χ1n) is 9.53. The summed E-state index contributed by atoms with van der Waals surface area (Å²) in [6.07, 6.45) is 9.51. The van der Waals surface area contributed by atoms with E-state index in [1.54, 1.807) is 12.4 Å². The van der Waals surface area contributed by atoms with Gasteiger partial charge in [0.2, 0.25) is 0 Å². The van der Waals surface area contributed by atoms with Gasteiger partial charge in [-0.25, -0.2) is 4.98 Å². The van der Waals surface area contributed by atoms with E-state index >= 15 is 0 Å². The molecule has 1 aromatic carbocycles. The van der Waals surface area contributed by atoms with Crippen LogP contribution in [0.25, 0.3) is 22.2 Å². The number of nitrogens with one attached hydrogen (secondary N) is 2. The summed E-state index contributed by atoms with van der Waals surface area (Å²) in [5, 5.41) is 9.06. The van der Waals surface area contributed by atoms with Crippen LogP contribution in [0.3, 0.4) is 0 Å². The fourth-order valence-corrected chi connectivity index (χ4v) is 3.42. The third-order valence-corrected chi connectivity index (χ3v) is 4.88. The van der Waals surface area contributed by atoms with Gasteiger partial charge in [-0.15, -0.1) is 0 Å². The highest BCUT2D eigenvalue weighted by Gasteiger charge is 2.11. The van der Waals surface area contributed by atoms with E-state index < -0.39 is 0 Å². The molecule has 0 bridgehead atoms. The third kappa shape index (κ3) is 3.73. The molecule has 0 saturated heterocycles. The van der Waals surface area contributed by atoms with E-state index in [1.165, 1.54) is 5.56 Å². The van der Waals surface area contributed by atoms with Crippen molar-refractivity contribution in [2.45, 2.75) is 13.1 Å².